The van der Waals surface area contributed by atoms with Gasteiger partial charge in [-0.1, -0.05) is 10.4 Å². The number of hydrogen-bond acceptors (Lipinski definition) is 9. The molecule has 1 aliphatic carbocycles. The second-order valence-corrected chi connectivity index (χ2v) is 7.12. The molecule has 5 rings (SSSR count). The maximum Gasteiger partial charge on any atom is 0.225 e. The average Bonchev–Trinajstić information content (AvgIpc) is 3.47. The smallest absolute Gasteiger partial charge is 0.225 e. The molecule has 10 heteroatoms. The molecule has 3 aromatic heterocycles. The zero-order chi connectivity index (χ0) is 19.8. The van der Waals surface area contributed by atoms with Crippen molar-refractivity contribution in [2.75, 3.05) is 12.4 Å². The van der Waals surface area contributed by atoms with Crippen molar-refractivity contribution in [2.45, 2.75) is 38.1 Å². The van der Waals surface area contributed by atoms with E-state index in [1.807, 2.05) is 31.2 Å². The van der Waals surface area contributed by atoms with Crippen molar-refractivity contribution in [3.05, 3.63) is 42.2 Å². The van der Waals surface area contributed by atoms with E-state index in [1.54, 1.807) is 18.0 Å². The third-order valence-electron chi connectivity index (χ3n) is 5.18. The van der Waals surface area contributed by atoms with Crippen LogP contribution in [0.4, 0.5) is 5.95 Å². The number of hydrogen-bond donors (Lipinski definition) is 1. The fourth-order valence-corrected chi connectivity index (χ4v) is 3.71. The number of rotatable bonds is 5. The Bertz CT molecular complexity index is 1140. The molecule has 0 saturated heterocycles. The summed E-state index contributed by atoms with van der Waals surface area (Å²) in [6, 6.07) is 7.83. The van der Waals surface area contributed by atoms with Gasteiger partial charge < -0.3 is 14.6 Å². The van der Waals surface area contributed by atoms with Crippen molar-refractivity contribution in [2.24, 2.45) is 0 Å². The SMILES string of the molecule is COc1ccc(-n2nnc3cnc(NC4CC[C@H](c5noc(C)n5)C4)nc32)cc1. The van der Waals surface area contributed by atoms with Crippen molar-refractivity contribution >= 4 is 17.1 Å². The van der Waals surface area contributed by atoms with E-state index in [0.717, 1.165) is 36.5 Å². The fourth-order valence-electron chi connectivity index (χ4n) is 3.71. The van der Waals surface area contributed by atoms with E-state index in [9.17, 15) is 0 Å². The highest BCUT2D eigenvalue weighted by Crippen LogP contribution is 2.34. The molecule has 1 saturated carbocycles. The van der Waals surface area contributed by atoms with Gasteiger partial charge in [0.2, 0.25) is 11.8 Å². The first-order chi connectivity index (χ1) is 14.2. The van der Waals surface area contributed by atoms with Gasteiger partial charge in [-0.3, -0.25) is 0 Å². The number of nitrogens with zero attached hydrogens (tertiary/aromatic N) is 7. The first-order valence-corrected chi connectivity index (χ1v) is 9.49. The van der Waals surface area contributed by atoms with Gasteiger partial charge in [0.05, 0.1) is 19.0 Å². The van der Waals surface area contributed by atoms with Crippen molar-refractivity contribution in [1.29, 1.82) is 0 Å². The Labute approximate surface area is 166 Å². The number of nitrogens with one attached hydrogen (secondary N) is 1. The zero-order valence-electron chi connectivity index (χ0n) is 16.1. The van der Waals surface area contributed by atoms with Crippen LogP contribution in [0.25, 0.3) is 16.9 Å². The first kappa shape index (κ1) is 17.5. The highest BCUT2D eigenvalue weighted by molar-refractivity contribution is 5.72. The molecule has 0 amide bonds. The lowest BCUT2D eigenvalue weighted by Crippen LogP contribution is -2.17. The number of aromatic nitrogens is 7. The summed E-state index contributed by atoms with van der Waals surface area (Å²) >= 11 is 0. The lowest BCUT2D eigenvalue weighted by molar-refractivity contribution is 0.383. The zero-order valence-corrected chi connectivity index (χ0v) is 16.1. The standard InChI is InChI=1S/C19H20N8O2/c1-11-21-17(25-29-11)12-3-4-13(9-12)22-19-20-10-16-18(23-19)27(26-24-16)14-5-7-15(28-2)8-6-14/h5-8,10,12-13H,3-4,9H2,1-2H3,(H,20,22,23)/t12-,13?/m0/s1. The van der Waals surface area contributed by atoms with E-state index < -0.39 is 0 Å². The summed E-state index contributed by atoms with van der Waals surface area (Å²) in [7, 11) is 1.64. The van der Waals surface area contributed by atoms with Crippen LogP contribution >= 0.6 is 0 Å². The molecular formula is C19H20N8O2. The van der Waals surface area contributed by atoms with Gasteiger partial charge >= 0.3 is 0 Å². The highest BCUT2D eigenvalue weighted by Gasteiger charge is 2.29. The molecule has 0 bridgehead atoms. The Morgan fingerprint density at radius 1 is 1.17 bits per heavy atom. The van der Waals surface area contributed by atoms with Crippen molar-refractivity contribution in [3.8, 4) is 11.4 Å². The molecule has 3 heterocycles. The summed E-state index contributed by atoms with van der Waals surface area (Å²) in [5.41, 5.74) is 2.14. The maximum atomic E-state index is 5.21. The molecule has 10 nitrogen and oxygen atoms in total. The Kier molecular flexibility index (Phi) is 4.30. The topological polar surface area (TPSA) is 117 Å². The van der Waals surface area contributed by atoms with E-state index in [4.69, 9.17) is 9.26 Å². The van der Waals surface area contributed by atoms with E-state index in [1.165, 1.54) is 0 Å². The molecule has 0 aliphatic heterocycles. The largest absolute Gasteiger partial charge is 0.497 e. The second kappa shape index (κ2) is 7.12. The summed E-state index contributed by atoms with van der Waals surface area (Å²) in [6.45, 7) is 1.81. The van der Waals surface area contributed by atoms with E-state index >= 15 is 0 Å². The third kappa shape index (κ3) is 3.37. The van der Waals surface area contributed by atoms with Crippen LogP contribution in [0.1, 0.15) is 36.9 Å². The molecule has 1 aromatic carbocycles. The van der Waals surface area contributed by atoms with Gasteiger partial charge in [-0.25, -0.2) is 4.98 Å². The molecule has 29 heavy (non-hydrogen) atoms. The maximum absolute atomic E-state index is 5.21. The second-order valence-electron chi connectivity index (χ2n) is 7.12. The van der Waals surface area contributed by atoms with Crippen LogP contribution in [0.5, 0.6) is 5.75 Å². The van der Waals surface area contributed by atoms with Gasteiger partial charge in [0.1, 0.15) is 5.75 Å². The quantitative estimate of drug-likeness (QED) is 0.547. The Hall–Kier alpha value is -3.56. The van der Waals surface area contributed by atoms with E-state index in [0.29, 0.717) is 28.9 Å². The summed E-state index contributed by atoms with van der Waals surface area (Å²) in [4.78, 5) is 13.4. The van der Waals surface area contributed by atoms with Crippen LogP contribution in [0.15, 0.2) is 35.0 Å². The van der Waals surface area contributed by atoms with Crippen molar-refractivity contribution in [3.63, 3.8) is 0 Å². The van der Waals surface area contributed by atoms with Gasteiger partial charge in [0, 0.05) is 18.9 Å². The predicted molar refractivity (Wildman–Crippen MR) is 104 cm³/mol. The number of ether oxygens (including phenoxy) is 1. The molecule has 1 fully saturated rings. The lowest BCUT2D eigenvalue weighted by Gasteiger charge is -2.12. The van der Waals surface area contributed by atoms with Gasteiger partial charge in [0.15, 0.2) is 17.0 Å². The third-order valence-corrected chi connectivity index (χ3v) is 5.18. The average molecular weight is 392 g/mol. The van der Waals surface area contributed by atoms with Crippen molar-refractivity contribution in [1.82, 2.24) is 35.1 Å². The lowest BCUT2D eigenvalue weighted by atomic mass is 10.1. The Morgan fingerprint density at radius 2 is 2.03 bits per heavy atom. The number of aryl methyl sites for hydroxylation is 1. The van der Waals surface area contributed by atoms with Crippen LogP contribution in [-0.4, -0.2) is 48.3 Å². The van der Waals surface area contributed by atoms with Crippen LogP contribution in [-0.2, 0) is 0 Å². The molecule has 148 valence electrons. The number of methoxy groups -OCH3 is 1. The molecule has 1 N–H and O–H groups in total. The summed E-state index contributed by atoms with van der Waals surface area (Å²) in [5, 5.41) is 15.9. The van der Waals surface area contributed by atoms with E-state index in [-0.39, 0.29) is 6.04 Å². The number of fused-ring (bicyclic) bond motifs is 1. The molecule has 1 aliphatic rings. The van der Waals surface area contributed by atoms with Crippen LogP contribution in [0, 0.1) is 6.92 Å². The molecule has 0 radical (unpaired) electrons. The number of benzene rings is 1. The summed E-state index contributed by atoms with van der Waals surface area (Å²) in [6.07, 6.45) is 4.60. The molecule has 0 spiro atoms. The Morgan fingerprint density at radius 3 is 2.79 bits per heavy atom. The predicted octanol–water partition coefficient (Wildman–Crippen LogP) is 2.66. The van der Waals surface area contributed by atoms with Gasteiger partial charge in [-0.2, -0.15) is 14.6 Å². The van der Waals surface area contributed by atoms with Crippen LogP contribution in [0.3, 0.4) is 0 Å². The van der Waals surface area contributed by atoms with Crippen LogP contribution in [0.2, 0.25) is 0 Å². The fraction of sp³-hybridized carbons (Fsp3) is 0.368. The van der Waals surface area contributed by atoms with Gasteiger partial charge in [0.25, 0.3) is 0 Å². The molecule has 4 aromatic rings. The first-order valence-electron chi connectivity index (χ1n) is 9.49. The van der Waals surface area contributed by atoms with Gasteiger partial charge in [-0.05, 0) is 43.5 Å². The molecule has 2 atom stereocenters. The van der Waals surface area contributed by atoms with Crippen molar-refractivity contribution < 1.29 is 9.26 Å². The molecular weight excluding hydrogens is 372 g/mol. The highest BCUT2D eigenvalue weighted by atomic mass is 16.5. The minimum atomic E-state index is 0.251. The summed E-state index contributed by atoms with van der Waals surface area (Å²) in [5.74, 6) is 3.02. The minimum Gasteiger partial charge on any atom is -0.497 e. The normalized spacial score (nSPS) is 19.0. The van der Waals surface area contributed by atoms with E-state index in [2.05, 4.69) is 35.7 Å². The summed E-state index contributed by atoms with van der Waals surface area (Å²) < 4.78 is 12.0. The monoisotopic (exact) mass is 392 g/mol. The van der Waals surface area contributed by atoms with Crippen LogP contribution < -0.4 is 10.1 Å². The van der Waals surface area contributed by atoms with Gasteiger partial charge in [-0.15, -0.1) is 5.10 Å². The molecule has 1 unspecified atom stereocenters. The number of anilines is 1. The Balaban J connectivity index is 1.36. The minimum absolute atomic E-state index is 0.251.